The summed E-state index contributed by atoms with van der Waals surface area (Å²) in [4.78, 5) is 29.7. The Morgan fingerprint density at radius 3 is 2.25 bits per heavy atom. The third kappa shape index (κ3) is 3.42. The maximum Gasteiger partial charge on any atom is 0.319 e. The number of piperidine rings is 1. The van der Waals surface area contributed by atoms with E-state index in [2.05, 4.69) is 12.2 Å². The average Bonchev–Trinajstić information content (AvgIpc) is 2.46. The van der Waals surface area contributed by atoms with Crippen molar-refractivity contribution in [2.24, 2.45) is 5.92 Å². The van der Waals surface area contributed by atoms with Crippen molar-refractivity contribution < 1.29 is 9.59 Å². The van der Waals surface area contributed by atoms with Gasteiger partial charge >= 0.3 is 6.03 Å². The van der Waals surface area contributed by atoms with Crippen LogP contribution in [0.15, 0.2) is 0 Å². The van der Waals surface area contributed by atoms with E-state index >= 15 is 0 Å². The Morgan fingerprint density at radius 1 is 1.10 bits per heavy atom. The zero-order chi connectivity index (χ0) is 14.7. The number of amides is 3. The summed E-state index contributed by atoms with van der Waals surface area (Å²) in [6.07, 6.45) is 1.86. The van der Waals surface area contributed by atoms with E-state index < -0.39 is 0 Å². The Hall–Kier alpha value is -1.30. The third-order valence-corrected chi connectivity index (χ3v) is 4.22. The molecule has 20 heavy (non-hydrogen) atoms. The van der Waals surface area contributed by atoms with Gasteiger partial charge in [0.05, 0.1) is 0 Å². The third-order valence-electron chi connectivity index (χ3n) is 4.22. The van der Waals surface area contributed by atoms with Gasteiger partial charge in [0.25, 0.3) is 0 Å². The van der Waals surface area contributed by atoms with Crippen LogP contribution < -0.4 is 5.32 Å². The molecule has 0 radical (unpaired) electrons. The molecule has 2 aliphatic heterocycles. The minimum atomic E-state index is 0.0348. The van der Waals surface area contributed by atoms with Crippen molar-refractivity contribution in [3.05, 3.63) is 0 Å². The van der Waals surface area contributed by atoms with Crippen molar-refractivity contribution >= 4 is 11.9 Å². The first-order valence-electron chi connectivity index (χ1n) is 7.47. The molecule has 2 heterocycles. The summed E-state index contributed by atoms with van der Waals surface area (Å²) in [5.74, 6) is 0.428. The quantitative estimate of drug-likeness (QED) is 0.747. The summed E-state index contributed by atoms with van der Waals surface area (Å²) >= 11 is 0. The van der Waals surface area contributed by atoms with E-state index in [-0.39, 0.29) is 17.9 Å². The van der Waals surface area contributed by atoms with Crippen LogP contribution in [-0.4, -0.2) is 79.5 Å². The Bertz CT molecular complexity index is 364. The van der Waals surface area contributed by atoms with Gasteiger partial charge in [0, 0.05) is 52.2 Å². The number of hydrogen-bond donors (Lipinski definition) is 1. The second-order valence-electron chi connectivity index (χ2n) is 6.07. The maximum absolute atomic E-state index is 12.5. The zero-order valence-electron chi connectivity index (χ0n) is 12.8. The van der Waals surface area contributed by atoms with Gasteiger partial charge in [-0.1, -0.05) is 0 Å². The van der Waals surface area contributed by atoms with E-state index in [9.17, 15) is 9.59 Å². The molecule has 0 aromatic carbocycles. The molecule has 0 aromatic rings. The molecule has 0 spiro atoms. The molecule has 0 aliphatic carbocycles. The smallest absolute Gasteiger partial charge is 0.319 e. The fourth-order valence-corrected chi connectivity index (χ4v) is 3.02. The molecule has 2 saturated heterocycles. The molecule has 2 fully saturated rings. The van der Waals surface area contributed by atoms with Gasteiger partial charge in [0.15, 0.2) is 0 Å². The van der Waals surface area contributed by atoms with Crippen molar-refractivity contribution in [2.45, 2.75) is 25.8 Å². The number of piperazine rings is 1. The molecule has 6 heteroatoms. The topological polar surface area (TPSA) is 55.9 Å². The predicted octanol–water partition coefficient (Wildman–Crippen LogP) is 0.200. The first-order valence-corrected chi connectivity index (χ1v) is 7.47. The first-order chi connectivity index (χ1) is 9.49. The van der Waals surface area contributed by atoms with E-state index in [1.807, 2.05) is 9.80 Å². The highest BCUT2D eigenvalue weighted by Gasteiger charge is 2.31. The minimum absolute atomic E-state index is 0.0348. The van der Waals surface area contributed by atoms with Gasteiger partial charge in [-0.15, -0.1) is 0 Å². The summed E-state index contributed by atoms with van der Waals surface area (Å²) in [5.41, 5.74) is 0. The van der Waals surface area contributed by atoms with E-state index in [4.69, 9.17) is 0 Å². The molecular formula is C14H26N4O2. The standard InChI is InChI=1S/C14H26N4O2/c1-11-10-12(4-5-15-11)13(19)17-6-8-18(9-7-17)14(20)16(2)3/h11-12,15H,4-10H2,1-3H3. The van der Waals surface area contributed by atoms with Crippen LogP contribution in [-0.2, 0) is 4.79 Å². The predicted molar refractivity (Wildman–Crippen MR) is 77.4 cm³/mol. The van der Waals surface area contributed by atoms with E-state index in [0.717, 1.165) is 19.4 Å². The average molecular weight is 282 g/mol. The molecule has 2 atom stereocenters. The Morgan fingerprint density at radius 2 is 1.70 bits per heavy atom. The molecule has 2 unspecified atom stereocenters. The van der Waals surface area contributed by atoms with Gasteiger partial charge in [-0.25, -0.2) is 4.79 Å². The Kier molecular flexibility index (Phi) is 4.86. The monoisotopic (exact) mass is 282 g/mol. The molecule has 2 rings (SSSR count). The Balaban J connectivity index is 1.84. The lowest BCUT2D eigenvalue weighted by Crippen LogP contribution is -2.54. The molecule has 0 aromatic heterocycles. The summed E-state index contributed by atoms with van der Waals surface area (Å²) in [5, 5.41) is 3.38. The SMILES string of the molecule is CC1CC(C(=O)N2CCN(C(=O)N(C)C)CC2)CCN1. The van der Waals surface area contributed by atoms with Crippen LogP contribution >= 0.6 is 0 Å². The van der Waals surface area contributed by atoms with E-state index in [1.54, 1.807) is 19.0 Å². The highest BCUT2D eigenvalue weighted by Crippen LogP contribution is 2.19. The van der Waals surface area contributed by atoms with Crippen molar-refractivity contribution in [3.63, 3.8) is 0 Å². The normalized spacial score (nSPS) is 27.4. The maximum atomic E-state index is 12.5. The molecule has 1 N–H and O–H groups in total. The van der Waals surface area contributed by atoms with Gasteiger partial charge in [0.2, 0.25) is 5.91 Å². The first kappa shape index (κ1) is 15.1. The van der Waals surface area contributed by atoms with Crippen molar-refractivity contribution in [3.8, 4) is 0 Å². The number of nitrogens with zero attached hydrogens (tertiary/aromatic N) is 3. The molecule has 6 nitrogen and oxygen atoms in total. The number of urea groups is 1. The largest absolute Gasteiger partial charge is 0.339 e. The summed E-state index contributed by atoms with van der Waals surface area (Å²) in [7, 11) is 3.52. The van der Waals surface area contributed by atoms with Crippen LogP contribution in [0.3, 0.4) is 0 Å². The van der Waals surface area contributed by atoms with Crippen LogP contribution in [0.2, 0.25) is 0 Å². The Labute approximate surface area is 121 Å². The van der Waals surface area contributed by atoms with Crippen molar-refractivity contribution in [1.29, 1.82) is 0 Å². The second-order valence-corrected chi connectivity index (χ2v) is 6.07. The summed E-state index contributed by atoms with van der Waals surface area (Å²) in [6.45, 7) is 5.67. The lowest BCUT2D eigenvalue weighted by atomic mass is 9.92. The van der Waals surface area contributed by atoms with Crippen LogP contribution in [0.5, 0.6) is 0 Å². The molecule has 0 saturated carbocycles. The van der Waals surface area contributed by atoms with E-state index in [1.165, 1.54) is 0 Å². The highest BCUT2D eigenvalue weighted by atomic mass is 16.2. The zero-order valence-corrected chi connectivity index (χ0v) is 12.8. The number of nitrogens with one attached hydrogen (secondary N) is 1. The number of carbonyl (C=O) groups excluding carboxylic acids is 2. The van der Waals surface area contributed by atoms with Crippen LogP contribution in [0, 0.1) is 5.92 Å². The summed E-state index contributed by atoms with van der Waals surface area (Å²) < 4.78 is 0. The van der Waals surface area contributed by atoms with Crippen molar-refractivity contribution in [1.82, 2.24) is 20.0 Å². The number of carbonyl (C=O) groups is 2. The van der Waals surface area contributed by atoms with Crippen LogP contribution in [0.25, 0.3) is 0 Å². The second kappa shape index (κ2) is 6.43. The fraction of sp³-hybridized carbons (Fsp3) is 0.857. The summed E-state index contributed by atoms with van der Waals surface area (Å²) in [6, 6.07) is 0.460. The molecule has 114 valence electrons. The van der Waals surface area contributed by atoms with Crippen molar-refractivity contribution in [2.75, 3.05) is 46.8 Å². The van der Waals surface area contributed by atoms with Gasteiger partial charge in [0.1, 0.15) is 0 Å². The molecule has 0 bridgehead atoms. The van der Waals surface area contributed by atoms with E-state index in [0.29, 0.717) is 32.2 Å². The minimum Gasteiger partial charge on any atom is -0.339 e. The molecular weight excluding hydrogens is 256 g/mol. The van der Waals surface area contributed by atoms with Gasteiger partial charge in [-0.3, -0.25) is 4.79 Å². The number of rotatable bonds is 1. The van der Waals surface area contributed by atoms with Crippen LogP contribution in [0.1, 0.15) is 19.8 Å². The lowest BCUT2D eigenvalue weighted by molar-refractivity contribution is -0.138. The van der Waals surface area contributed by atoms with Gasteiger partial charge in [-0.05, 0) is 26.3 Å². The number of hydrogen-bond acceptors (Lipinski definition) is 3. The molecule has 3 amide bonds. The highest BCUT2D eigenvalue weighted by molar-refractivity contribution is 5.80. The molecule has 2 aliphatic rings. The lowest BCUT2D eigenvalue weighted by Gasteiger charge is -2.38. The van der Waals surface area contributed by atoms with Crippen LogP contribution in [0.4, 0.5) is 4.79 Å². The van der Waals surface area contributed by atoms with Gasteiger partial charge in [-0.2, -0.15) is 0 Å². The van der Waals surface area contributed by atoms with Gasteiger partial charge < -0.3 is 20.0 Å². The fourth-order valence-electron chi connectivity index (χ4n) is 3.02.